The molecule has 2 N–H and O–H groups in total. The summed E-state index contributed by atoms with van der Waals surface area (Å²) in [6.07, 6.45) is 7.46. The molecule has 1 saturated carbocycles. The summed E-state index contributed by atoms with van der Waals surface area (Å²) in [5.41, 5.74) is 8.82. The lowest BCUT2D eigenvalue weighted by atomic mass is 9.81. The van der Waals surface area contributed by atoms with Gasteiger partial charge in [-0.3, -0.25) is 10.9 Å². The molecule has 2 aromatic rings. The van der Waals surface area contributed by atoms with Gasteiger partial charge in [-0.15, -0.1) is 0 Å². The topological polar surface area (TPSA) is 67.7 Å². The molecule has 152 valence electrons. The monoisotopic (exact) mass is 401 g/mol. The maximum atomic E-state index is 6.21. The van der Waals surface area contributed by atoms with E-state index in [0.29, 0.717) is 18.1 Å². The molecule has 5 unspecified atom stereocenters. The number of hydrogen-bond donors (Lipinski definition) is 2. The molecule has 5 aliphatic rings. The number of benzene rings is 2. The van der Waals surface area contributed by atoms with Crippen LogP contribution in [0.5, 0.6) is 11.5 Å². The molecule has 0 spiro atoms. The van der Waals surface area contributed by atoms with Gasteiger partial charge in [-0.1, -0.05) is 24.3 Å². The Balaban J connectivity index is 1.27. The van der Waals surface area contributed by atoms with E-state index < -0.39 is 0 Å². The Hall–Kier alpha value is -3.42. The first kappa shape index (κ1) is 16.4. The lowest BCUT2D eigenvalue weighted by molar-refractivity contribution is -0.00880. The molecule has 5 atom stereocenters. The average Bonchev–Trinajstić information content (AvgIpc) is 3.47. The number of fused-ring (bicyclic) bond motifs is 8. The minimum Gasteiger partial charge on any atom is -0.453 e. The average molecular weight is 401 g/mol. The molecule has 0 radical (unpaired) electrons. The Morgan fingerprint density at radius 3 is 2.03 bits per heavy atom. The molecule has 0 amide bonds. The third-order valence-corrected chi connectivity index (χ3v) is 7.09. The molecule has 1 saturated heterocycles. The quantitative estimate of drug-likeness (QED) is 0.766. The van der Waals surface area contributed by atoms with E-state index in [9.17, 15) is 0 Å². The van der Waals surface area contributed by atoms with Crippen molar-refractivity contribution in [3.05, 3.63) is 48.5 Å². The van der Waals surface area contributed by atoms with E-state index in [2.05, 4.69) is 72.2 Å². The van der Waals surface area contributed by atoms with Crippen LogP contribution >= 0.6 is 0 Å². The van der Waals surface area contributed by atoms with Crippen molar-refractivity contribution in [1.29, 1.82) is 0 Å². The highest BCUT2D eigenvalue weighted by Gasteiger charge is 2.52. The smallest absolute Gasteiger partial charge is 0.157 e. The number of nitrogens with one attached hydrogen (secondary N) is 2. The Morgan fingerprint density at radius 1 is 0.767 bits per heavy atom. The zero-order chi connectivity index (χ0) is 19.7. The number of ether oxygens (including phenoxy) is 1. The minimum atomic E-state index is 0.108. The van der Waals surface area contributed by atoms with Crippen LogP contribution in [0.4, 0.5) is 11.4 Å². The summed E-state index contributed by atoms with van der Waals surface area (Å²) in [4.78, 5) is 7.30. The zero-order valence-electron chi connectivity index (χ0n) is 16.4. The van der Waals surface area contributed by atoms with Gasteiger partial charge in [0.15, 0.2) is 23.8 Å². The normalized spacial score (nSPS) is 32.3. The second kappa shape index (κ2) is 6.04. The molecule has 30 heavy (non-hydrogen) atoms. The van der Waals surface area contributed by atoms with E-state index in [-0.39, 0.29) is 12.3 Å². The third-order valence-electron chi connectivity index (χ3n) is 7.09. The van der Waals surface area contributed by atoms with Crippen molar-refractivity contribution in [2.75, 3.05) is 4.90 Å². The maximum absolute atomic E-state index is 6.21. The number of rotatable bonds is 1. The van der Waals surface area contributed by atoms with Crippen LogP contribution in [0.1, 0.15) is 19.3 Å². The summed E-state index contributed by atoms with van der Waals surface area (Å²) in [7, 11) is 0. The van der Waals surface area contributed by atoms with Crippen molar-refractivity contribution < 1.29 is 4.74 Å². The Labute approximate surface area is 174 Å². The van der Waals surface area contributed by atoms with E-state index in [0.717, 1.165) is 42.1 Å². The number of nitrogens with zero attached hydrogens (tertiary/aromatic N) is 5. The predicted octanol–water partition coefficient (Wildman–Crippen LogP) is 2.58. The van der Waals surface area contributed by atoms with Gasteiger partial charge in [-0.2, -0.15) is 10.2 Å². The standard InChI is InChI=1S/C22H23N7O/c1-3-7-19-16(5-1)29(17-6-2-4-8-20(17)30-19)14-9-10-15-18(11-14)28-13-24-26-22(28)21-25-23-12-27(15)21/h1-8,12-15,18,21-22,25-26H,9-11H2. The van der Waals surface area contributed by atoms with Crippen molar-refractivity contribution in [1.82, 2.24) is 20.7 Å². The van der Waals surface area contributed by atoms with Gasteiger partial charge in [-0.25, -0.2) is 0 Å². The molecule has 4 aliphatic heterocycles. The molecule has 8 nitrogen and oxygen atoms in total. The lowest BCUT2D eigenvalue weighted by Crippen LogP contribution is -2.71. The van der Waals surface area contributed by atoms with Crippen LogP contribution < -0.4 is 20.5 Å². The predicted molar refractivity (Wildman–Crippen MR) is 115 cm³/mol. The minimum absolute atomic E-state index is 0.108. The van der Waals surface area contributed by atoms with Gasteiger partial charge in [0.1, 0.15) is 12.7 Å². The van der Waals surface area contributed by atoms with Crippen LogP contribution in [-0.4, -0.2) is 52.9 Å². The van der Waals surface area contributed by atoms with Gasteiger partial charge in [0.25, 0.3) is 0 Å². The van der Waals surface area contributed by atoms with Crippen LogP contribution in [0.2, 0.25) is 0 Å². The molecule has 0 aromatic heterocycles. The fourth-order valence-corrected chi connectivity index (χ4v) is 5.82. The third kappa shape index (κ3) is 2.16. The first-order chi connectivity index (χ1) is 14.9. The highest BCUT2D eigenvalue weighted by atomic mass is 16.5. The van der Waals surface area contributed by atoms with Gasteiger partial charge in [0.05, 0.1) is 23.5 Å². The van der Waals surface area contributed by atoms with Gasteiger partial charge in [0, 0.05) is 6.04 Å². The first-order valence-electron chi connectivity index (χ1n) is 10.7. The SMILES string of the molecule is C1=NNC2C3NN=CN3C3CC(N4c5ccccc5Oc5ccccc54)CCC3N12. The highest BCUT2D eigenvalue weighted by molar-refractivity contribution is 5.78. The summed E-state index contributed by atoms with van der Waals surface area (Å²) in [6.45, 7) is 0. The number of hydrazone groups is 2. The number of hydrogen-bond acceptors (Lipinski definition) is 8. The molecule has 0 bridgehead atoms. The molecular weight excluding hydrogens is 378 g/mol. The Bertz CT molecular complexity index is 1010. The second-order valence-electron chi connectivity index (χ2n) is 8.54. The van der Waals surface area contributed by atoms with Crippen molar-refractivity contribution in [2.45, 2.75) is 49.7 Å². The van der Waals surface area contributed by atoms with Gasteiger partial charge >= 0.3 is 0 Å². The van der Waals surface area contributed by atoms with Gasteiger partial charge in [0.2, 0.25) is 0 Å². The summed E-state index contributed by atoms with van der Waals surface area (Å²) in [5.74, 6) is 1.86. The van der Waals surface area contributed by atoms with Gasteiger partial charge < -0.3 is 19.4 Å². The van der Waals surface area contributed by atoms with E-state index in [1.165, 1.54) is 0 Å². The first-order valence-corrected chi connectivity index (χ1v) is 10.7. The van der Waals surface area contributed by atoms with Crippen molar-refractivity contribution in [3.8, 4) is 11.5 Å². The summed E-state index contributed by atoms with van der Waals surface area (Å²) >= 11 is 0. The van der Waals surface area contributed by atoms with Crippen LogP contribution in [-0.2, 0) is 0 Å². The highest BCUT2D eigenvalue weighted by Crippen LogP contribution is 2.50. The van der Waals surface area contributed by atoms with Crippen molar-refractivity contribution in [2.24, 2.45) is 10.2 Å². The lowest BCUT2D eigenvalue weighted by Gasteiger charge is -2.54. The van der Waals surface area contributed by atoms with Crippen LogP contribution in [0.15, 0.2) is 58.7 Å². The molecule has 4 heterocycles. The Kier molecular flexibility index (Phi) is 3.30. The van der Waals surface area contributed by atoms with Crippen molar-refractivity contribution >= 4 is 24.1 Å². The van der Waals surface area contributed by atoms with Crippen LogP contribution in [0, 0.1) is 0 Å². The Morgan fingerprint density at radius 2 is 1.37 bits per heavy atom. The van der Waals surface area contributed by atoms with E-state index in [4.69, 9.17) is 4.74 Å². The number of anilines is 2. The molecule has 7 rings (SSSR count). The zero-order valence-corrected chi connectivity index (χ0v) is 16.4. The maximum Gasteiger partial charge on any atom is 0.157 e. The largest absolute Gasteiger partial charge is 0.453 e. The molecule has 8 heteroatoms. The summed E-state index contributed by atoms with van der Waals surface area (Å²) < 4.78 is 6.21. The van der Waals surface area contributed by atoms with Crippen LogP contribution in [0.25, 0.3) is 0 Å². The van der Waals surface area contributed by atoms with E-state index in [1.807, 2.05) is 24.8 Å². The van der Waals surface area contributed by atoms with Crippen LogP contribution in [0.3, 0.4) is 0 Å². The van der Waals surface area contributed by atoms with E-state index in [1.54, 1.807) is 0 Å². The van der Waals surface area contributed by atoms with Gasteiger partial charge in [-0.05, 0) is 43.5 Å². The fourth-order valence-electron chi connectivity index (χ4n) is 5.82. The molecule has 2 aromatic carbocycles. The van der Waals surface area contributed by atoms with E-state index >= 15 is 0 Å². The molecule has 1 aliphatic carbocycles. The molecule has 2 fully saturated rings. The summed E-state index contributed by atoms with van der Waals surface area (Å²) in [5, 5.41) is 8.73. The van der Waals surface area contributed by atoms with Crippen molar-refractivity contribution in [3.63, 3.8) is 0 Å². The second-order valence-corrected chi connectivity index (χ2v) is 8.54. The number of piperazine rings is 1. The fraction of sp³-hybridized carbons (Fsp3) is 0.364. The molecular formula is C22H23N7O. The number of para-hydroxylation sites is 4. The summed E-state index contributed by atoms with van der Waals surface area (Å²) in [6, 6.07) is 17.9.